The van der Waals surface area contributed by atoms with Gasteiger partial charge in [-0.05, 0) is 46.8 Å². The topological polar surface area (TPSA) is 79.5 Å². The number of hydrogen-bond acceptors (Lipinski definition) is 4. The molecule has 2 amide bonds. The van der Waals surface area contributed by atoms with E-state index in [1.165, 1.54) is 0 Å². The first-order valence-corrected chi connectivity index (χ1v) is 6.79. The quantitative estimate of drug-likeness (QED) is 0.745. The molecule has 0 aromatic heterocycles. The molecule has 1 aromatic rings. The van der Waals surface area contributed by atoms with Crippen molar-refractivity contribution < 1.29 is 14.3 Å². The van der Waals surface area contributed by atoms with E-state index in [0.29, 0.717) is 5.69 Å². The van der Waals surface area contributed by atoms with Crippen LogP contribution < -0.4 is 16.2 Å². The number of anilines is 1. The Bertz CT molecular complexity index is 492. The van der Waals surface area contributed by atoms with E-state index in [4.69, 9.17) is 4.74 Å². The minimum absolute atomic E-state index is 0.255. The van der Waals surface area contributed by atoms with E-state index in [1.807, 2.05) is 31.2 Å². The second-order valence-electron chi connectivity index (χ2n) is 5.85. The fourth-order valence-corrected chi connectivity index (χ4v) is 1.42. The minimum Gasteiger partial charge on any atom is -0.443 e. The zero-order valence-corrected chi connectivity index (χ0v) is 13.1. The Morgan fingerprint density at radius 1 is 1.14 bits per heavy atom. The Kier molecular flexibility index (Phi) is 5.72. The fraction of sp³-hybridized carbons (Fsp3) is 0.467. The van der Waals surface area contributed by atoms with Crippen molar-refractivity contribution in [2.24, 2.45) is 0 Å². The molecule has 0 aliphatic carbocycles. The molecule has 116 valence electrons. The molecule has 0 saturated heterocycles. The van der Waals surface area contributed by atoms with Gasteiger partial charge >= 0.3 is 6.09 Å². The summed E-state index contributed by atoms with van der Waals surface area (Å²) in [4.78, 5) is 23.4. The third kappa shape index (κ3) is 6.76. The predicted molar refractivity (Wildman–Crippen MR) is 81.8 cm³/mol. The maximum Gasteiger partial charge on any atom is 0.422 e. The van der Waals surface area contributed by atoms with Gasteiger partial charge in [-0.15, -0.1) is 0 Å². The highest BCUT2D eigenvalue weighted by molar-refractivity contribution is 5.94. The summed E-state index contributed by atoms with van der Waals surface area (Å²) in [6, 6.07) is 6.86. The molecule has 6 nitrogen and oxygen atoms in total. The van der Waals surface area contributed by atoms with Gasteiger partial charge in [0, 0.05) is 5.69 Å². The summed E-state index contributed by atoms with van der Waals surface area (Å²) in [5.74, 6) is -0.255. The van der Waals surface area contributed by atoms with Crippen LogP contribution in [-0.2, 0) is 9.53 Å². The van der Waals surface area contributed by atoms with Gasteiger partial charge in [-0.25, -0.2) is 10.2 Å². The average molecular weight is 293 g/mol. The summed E-state index contributed by atoms with van der Waals surface area (Å²) in [6.07, 6.45) is -0.627. The van der Waals surface area contributed by atoms with Crippen molar-refractivity contribution in [1.29, 1.82) is 0 Å². The van der Waals surface area contributed by atoms with Crippen molar-refractivity contribution in [3.05, 3.63) is 29.8 Å². The van der Waals surface area contributed by atoms with Crippen LogP contribution in [0.3, 0.4) is 0 Å². The van der Waals surface area contributed by atoms with E-state index in [0.717, 1.165) is 5.56 Å². The molecular weight excluding hydrogens is 270 g/mol. The molecular formula is C15H23N3O3. The van der Waals surface area contributed by atoms with Crippen molar-refractivity contribution in [2.45, 2.75) is 46.3 Å². The zero-order valence-electron chi connectivity index (χ0n) is 13.1. The van der Waals surface area contributed by atoms with Crippen LogP contribution in [-0.4, -0.2) is 23.6 Å². The Morgan fingerprint density at radius 3 is 2.24 bits per heavy atom. The lowest BCUT2D eigenvalue weighted by atomic mass is 10.2. The fourth-order valence-electron chi connectivity index (χ4n) is 1.42. The molecule has 1 aromatic carbocycles. The molecule has 0 radical (unpaired) electrons. The smallest absolute Gasteiger partial charge is 0.422 e. The molecule has 1 unspecified atom stereocenters. The van der Waals surface area contributed by atoms with E-state index < -0.39 is 17.7 Å². The van der Waals surface area contributed by atoms with E-state index in [9.17, 15) is 9.59 Å². The lowest BCUT2D eigenvalue weighted by Gasteiger charge is -2.21. The van der Waals surface area contributed by atoms with Gasteiger partial charge in [0.15, 0.2) is 0 Å². The van der Waals surface area contributed by atoms with Crippen LogP contribution in [0.4, 0.5) is 10.5 Å². The number of nitrogens with one attached hydrogen (secondary N) is 3. The van der Waals surface area contributed by atoms with Gasteiger partial charge < -0.3 is 10.1 Å². The van der Waals surface area contributed by atoms with Crippen molar-refractivity contribution in [2.75, 3.05) is 5.32 Å². The number of carbonyl (C=O) groups is 2. The van der Waals surface area contributed by atoms with Gasteiger partial charge in [0.1, 0.15) is 11.6 Å². The first kappa shape index (κ1) is 17.0. The highest BCUT2D eigenvalue weighted by Gasteiger charge is 2.18. The van der Waals surface area contributed by atoms with Crippen LogP contribution in [0.15, 0.2) is 24.3 Å². The van der Waals surface area contributed by atoms with Crippen molar-refractivity contribution in [3.8, 4) is 0 Å². The first-order chi connectivity index (χ1) is 9.67. The number of amides is 2. The molecule has 0 saturated carbocycles. The second kappa shape index (κ2) is 7.08. The molecule has 0 heterocycles. The Balaban J connectivity index is 2.41. The van der Waals surface area contributed by atoms with Gasteiger partial charge in [0.25, 0.3) is 0 Å². The highest BCUT2D eigenvalue weighted by Crippen LogP contribution is 2.09. The van der Waals surface area contributed by atoms with Crippen molar-refractivity contribution in [1.82, 2.24) is 10.9 Å². The zero-order chi connectivity index (χ0) is 16.0. The molecule has 0 fully saturated rings. The number of carbonyl (C=O) groups excluding carboxylic acids is 2. The summed E-state index contributed by atoms with van der Waals surface area (Å²) in [5.41, 5.74) is 6.18. The lowest BCUT2D eigenvalue weighted by molar-refractivity contribution is -0.117. The summed E-state index contributed by atoms with van der Waals surface area (Å²) in [6.45, 7) is 8.90. The van der Waals surface area contributed by atoms with Crippen LogP contribution in [0.1, 0.15) is 33.3 Å². The summed E-state index contributed by atoms with van der Waals surface area (Å²) in [5, 5.41) is 2.75. The molecule has 1 rings (SSSR count). The first-order valence-electron chi connectivity index (χ1n) is 6.79. The number of rotatable bonds is 4. The normalized spacial score (nSPS) is 12.4. The Labute approximate surface area is 125 Å². The molecule has 21 heavy (non-hydrogen) atoms. The molecule has 0 aliphatic heterocycles. The average Bonchev–Trinajstić information content (AvgIpc) is 2.36. The van der Waals surface area contributed by atoms with Crippen LogP contribution in [0.25, 0.3) is 0 Å². The van der Waals surface area contributed by atoms with Gasteiger partial charge in [0.2, 0.25) is 5.91 Å². The number of hydrazine groups is 1. The van der Waals surface area contributed by atoms with E-state index in [2.05, 4.69) is 16.2 Å². The lowest BCUT2D eigenvalue weighted by Crippen LogP contribution is -2.49. The predicted octanol–water partition coefficient (Wildman–Crippen LogP) is 2.35. The third-order valence-corrected chi connectivity index (χ3v) is 2.50. The van der Waals surface area contributed by atoms with E-state index in [-0.39, 0.29) is 5.91 Å². The van der Waals surface area contributed by atoms with E-state index >= 15 is 0 Å². The molecule has 6 heteroatoms. The maximum absolute atomic E-state index is 11.9. The standard InChI is InChI=1S/C15H23N3O3/c1-10-6-8-12(9-7-10)16-13(19)11(2)17-18-14(20)21-15(3,4)5/h6-9,11,17H,1-5H3,(H,16,19)(H,18,20). The van der Waals surface area contributed by atoms with Gasteiger partial charge in [-0.2, -0.15) is 0 Å². The van der Waals surface area contributed by atoms with Crippen LogP contribution in [0, 0.1) is 6.92 Å². The number of aryl methyl sites for hydroxylation is 1. The van der Waals surface area contributed by atoms with Crippen LogP contribution >= 0.6 is 0 Å². The molecule has 0 spiro atoms. The third-order valence-electron chi connectivity index (χ3n) is 2.50. The monoisotopic (exact) mass is 293 g/mol. The van der Waals surface area contributed by atoms with Crippen LogP contribution in [0.5, 0.6) is 0 Å². The van der Waals surface area contributed by atoms with Crippen molar-refractivity contribution in [3.63, 3.8) is 0 Å². The summed E-state index contributed by atoms with van der Waals surface area (Å²) >= 11 is 0. The highest BCUT2D eigenvalue weighted by atomic mass is 16.6. The van der Waals surface area contributed by atoms with Gasteiger partial charge in [-0.1, -0.05) is 17.7 Å². The number of benzene rings is 1. The van der Waals surface area contributed by atoms with Gasteiger partial charge in [0.05, 0.1) is 0 Å². The Hall–Kier alpha value is -2.08. The Morgan fingerprint density at radius 2 is 1.71 bits per heavy atom. The number of hydrogen-bond donors (Lipinski definition) is 3. The minimum atomic E-state index is -0.627. The van der Waals surface area contributed by atoms with Gasteiger partial charge in [-0.3, -0.25) is 10.2 Å². The molecule has 1 atom stereocenters. The summed E-state index contributed by atoms with van der Waals surface area (Å²) < 4.78 is 5.06. The van der Waals surface area contributed by atoms with Crippen molar-refractivity contribution >= 4 is 17.7 Å². The maximum atomic E-state index is 11.9. The number of ether oxygens (including phenoxy) is 1. The molecule has 0 bridgehead atoms. The SMILES string of the molecule is Cc1ccc(NC(=O)C(C)NNC(=O)OC(C)(C)C)cc1. The largest absolute Gasteiger partial charge is 0.443 e. The molecule has 3 N–H and O–H groups in total. The van der Waals surface area contributed by atoms with Crippen LogP contribution in [0.2, 0.25) is 0 Å². The molecule has 0 aliphatic rings. The second-order valence-corrected chi connectivity index (χ2v) is 5.85. The summed E-state index contributed by atoms with van der Waals surface area (Å²) in [7, 11) is 0. The van der Waals surface area contributed by atoms with E-state index in [1.54, 1.807) is 27.7 Å².